The average Bonchev–Trinajstić information content (AvgIpc) is 1.94. The van der Waals surface area contributed by atoms with Crippen LogP contribution in [0, 0.1) is 10.1 Å². The van der Waals surface area contributed by atoms with Crippen LogP contribution in [0.15, 0.2) is 18.2 Å². The molecule has 0 spiro atoms. The second kappa shape index (κ2) is 4.00. The van der Waals surface area contributed by atoms with Crippen molar-refractivity contribution in [3.8, 4) is 5.75 Å². The van der Waals surface area contributed by atoms with E-state index in [1.54, 1.807) is 0 Å². The third kappa shape index (κ3) is 2.15. The second-order valence-corrected chi connectivity index (χ2v) is 2.00. The molecule has 0 heterocycles. The summed E-state index contributed by atoms with van der Waals surface area (Å²) in [5, 5.41) is 19.0. The number of nitro benzene ring substituents is 1. The van der Waals surface area contributed by atoms with Gasteiger partial charge in [-0.1, -0.05) is 0 Å². The first-order chi connectivity index (χ1) is 5.11. The Bertz CT molecular complexity index is 303. The Hall–Kier alpha value is -1.18. The van der Waals surface area contributed by atoms with Crippen LogP contribution in [0.2, 0.25) is 0 Å². The molecule has 6 heteroatoms. The maximum absolute atomic E-state index is 10.1. The number of benzene rings is 1. The number of hydrogen-bond donors (Lipinski definition) is 2. The van der Waals surface area contributed by atoms with Gasteiger partial charge in [0, 0.05) is 6.07 Å². The molecule has 0 aliphatic rings. The third-order valence-electron chi connectivity index (χ3n) is 1.22. The van der Waals surface area contributed by atoms with E-state index in [-0.39, 0.29) is 36.0 Å². The minimum atomic E-state index is -0.598. The fraction of sp³-hybridized carbons (Fsp3) is 0. The Kier molecular flexibility index (Phi) is 3.60. The summed E-state index contributed by atoms with van der Waals surface area (Å²) in [7, 11) is 0. The molecule has 1 rings (SSSR count). The summed E-state index contributed by atoms with van der Waals surface area (Å²) in [6.07, 6.45) is 0. The summed E-state index contributed by atoms with van der Waals surface area (Å²) >= 11 is 0. The number of non-ortho nitro benzene ring substituents is 1. The molecule has 0 amide bonds. The number of nitrogens with two attached hydrogens (primary N) is 1. The molecule has 3 N–H and O–H groups in total. The van der Waals surface area contributed by atoms with E-state index in [2.05, 4.69) is 0 Å². The number of phenols is 1. The fourth-order valence-corrected chi connectivity index (χ4v) is 0.646. The third-order valence-corrected chi connectivity index (χ3v) is 1.22. The van der Waals surface area contributed by atoms with Gasteiger partial charge in [0.1, 0.15) is 5.75 Å². The van der Waals surface area contributed by atoms with Gasteiger partial charge in [0.05, 0.1) is 16.7 Å². The molecule has 0 unspecified atom stereocenters. The van der Waals surface area contributed by atoms with Gasteiger partial charge in [0.15, 0.2) is 0 Å². The van der Waals surface area contributed by atoms with E-state index >= 15 is 0 Å². The molecule has 0 bridgehead atoms. The van der Waals surface area contributed by atoms with Crippen molar-refractivity contribution in [1.82, 2.24) is 0 Å². The van der Waals surface area contributed by atoms with E-state index in [9.17, 15) is 10.1 Å². The Morgan fingerprint density at radius 2 is 2.08 bits per heavy atom. The van der Waals surface area contributed by atoms with Crippen LogP contribution < -0.4 is 5.73 Å². The van der Waals surface area contributed by atoms with E-state index in [0.29, 0.717) is 0 Å². The molecule has 0 saturated heterocycles. The summed E-state index contributed by atoms with van der Waals surface area (Å²) in [4.78, 5) is 9.52. The van der Waals surface area contributed by atoms with Crippen molar-refractivity contribution in [2.24, 2.45) is 0 Å². The van der Waals surface area contributed by atoms with Gasteiger partial charge in [0.25, 0.3) is 5.69 Å². The van der Waals surface area contributed by atoms with Crippen molar-refractivity contribution >= 4 is 30.2 Å². The van der Waals surface area contributed by atoms with Crippen LogP contribution >= 0.6 is 0 Å². The molecule has 0 atom stereocenters. The number of hydrogen-bond acceptors (Lipinski definition) is 4. The van der Waals surface area contributed by atoms with Crippen molar-refractivity contribution < 1.29 is 10.0 Å². The zero-order valence-electron chi connectivity index (χ0n) is 5.52. The van der Waals surface area contributed by atoms with Crippen molar-refractivity contribution in [1.29, 1.82) is 0 Å². The summed E-state index contributed by atoms with van der Waals surface area (Å²) < 4.78 is 0. The summed E-state index contributed by atoms with van der Waals surface area (Å²) in [5.74, 6) is -0.265. The number of nitrogens with zero attached hydrogens (tertiary/aromatic N) is 1. The van der Waals surface area contributed by atoms with Crippen molar-refractivity contribution in [2.45, 2.75) is 0 Å². The van der Waals surface area contributed by atoms with Crippen LogP contribution in [0.3, 0.4) is 0 Å². The van der Waals surface area contributed by atoms with Crippen molar-refractivity contribution in [3.63, 3.8) is 0 Å². The minimum absolute atomic E-state index is 0. The number of anilines is 1. The zero-order chi connectivity index (χ0) is 8.43. The summed E-state index contributed by atoms with van der Waals surface area (Å²) in [6, 6.07) is 3.53. The molecule has 1 aromatic rings. The Morgan fingerprint density at radius 1 is 1.50 bits per heavy atom. The maximum atomic E-state index is 10.1. The first-order valence-corrected chi connectivity index (χ1v) is 2.84. The Balaban J connectivity index is 0.00000121. The summed E-state index contributed by atoms with van der Waals surface area (Å²) in [6.45, 7) is 0. The van der Waals surface area contributed by atoms with Gasteiger partial charge in [-0.05, 0) is 6.07 Å². The van der Waals surface area contributed by atoms with Crippen molar-refractivity contribution in [2.75, 3.05) is 5.73 Å². The van der Waals surface area contributed by atoms with Crippen LogP contribution in [0.25, 0.3) is 0 Å². The fourth-order valence-electron chi connectivity index (χ4n) is 0.646. The van der Waals surface area contributed by atoms with Gasteiger partial charge in [-0.15, -0.1) is 0 Å². The van der Waals surface area contributed by atoms with Crippen LogP contribution in [0.5, 0.6) is 5.75 Å². The SMILES string of the molecule is Nc1ccc([N+](=O)[O-])cc1O.[LiH]. The monoisotopic (exact) mass is 162 g/mol. The van der Waals surface area contributed by atoms with Crippen LogP contribution in [-0.4, -0.2) is 28.9 Å². The second-order valence-electron chi connectivity index (χ2n) is 2.00. The molecule has 1 aromatic carbocycles. The van der Waals surface area contributed by atoms with E-state index < -0.39 is 4.92 Å². The zero-order valence-corrected chi connectivity index (χ0v) is 5.52. The van der Waals surface area contributed by atoms with E-state index in [1.807, 2.05) is 0 Å². The number of aromatic hydroxyl groups is 1. The van der Waals surface area contributed by atoms with Gasteiger partial charge in [-0.2, -0.15) is 0 Å². The molecular weight excluding hydrogens is 155 g/mol. The number of nitrogen functional groups attached to an aromatic ring is 1. The molecule has 0 aliphatic carbocycles. The summed E-state index contributed by atoms with van der Waals surface area (Å²) in [5.41, 5.74) is 5.18. The van der Waals surface area contributed by atoms with Crippen LogP contribution in [-0.2, 0) is 0 Å². The van der Waals surface area contributed by atoms with Gasteiger partial charge >= 0.3 is 18.9 Å². The molecule has 0 saturated carbocycles. The normalized spacial score (nSPS) is 8.67. The molecule has 0 radical (unpaired) electrons. The molecule has 0 aromatic heterocycles. The van der Waals surface area contributed by atoms with Gasteiger partial charge < -0.3 is 10.8 Å². The average molecular weight is 162 g/mol. The van der Waals surface area contributed by atoms with Gasteiger partial charge in [0.2, 0.25) is 0 Å². The number of nitro groups is 1. The van der Waals surface area contributed by atoms with Crippen LogP contribution in [0.4, 0.5) is 11.4 Å². The molecule has 60 valence electrons. The Labute approximate surface area is 80.5 Å². The molecular formula is C6H7LiN2O3. The first kappa shape index (κ1) is 10.8. The molecule has 0 aliphatic heterocycles. The first-order valence-electron chi connectivity index (χ1n) is 2.84. The predicted octanol–water partition coefficient (Wildman–Crippen LogP) is 0.234. The number of rotatable bonds is 1. The van der Waals surface area contributed by atoms with E-state index in [4.69, 9.17) is 10.8 Å². The van der Waals surface area contributed by atoms with Crippen LogP contribution in [0.1, 0.15) is 0 Å². The Morgan fingerprint density at radius 3 is 2.50 bits per heavy atom. The molecule has 0 fully saturated rings. The van der Waals surface area contributed by atoms with E-state index in [1.165, 1.54) is 12.1 Å². The number of phenolic OH excluding ortho intramolecular Hbond substituents is 1. The standard InChI is InChI=1S/C6H6N2O3.Li.H/c7-5-2-1-4(8(10)11)3-6(5)9;;/h1-3,9H,7H2;;. The molecule has 5 nitrogen and oxygen atoms in total. The van der Waals surface area contributed by atoms with Gasteiger partial charge in [-0.25, -0.2) is 0 Å². The van der Waals surface area contributed by atoms with E-state index in [0.717, 1.165) is 6.07 Å². The molecule has 12 heavy (non-hydrogen) atoms. The predicted molar refractivity (Wildman–Crippen MR) is 46.3 cm³/mol. The van der Waals surface area contributed by atoms with Gasteiger partial charge in [-0.3, -0.25) is 10.1 Å². The van der Waals surface area contributed by atoms with Crippen molar-refractivity contribution in [3.05, 3.63) is 28.3 Å². The topological polar surface area (TPSA) is 89.4 Å². The quantitative estimate of drug-likeness (QED) is 0.203.